The van der Waals surface area contributed by atoms with E-state index in [0.29, 0.717) is 25.7 Å². The van der Waals surface area contributed by atoms with Gasteiger partial charge in [0.2, 0.25) is 0 Å². The fourth-order valence-corrected chi connectivity index (χ4v) is 6.88. The molecule has 5 heteroatoms. The second-order valence-corrected chi connectivity index (χ2v) is 8.76. The van der Waals surface area contributed by atoms with Crippen molar-refractivity contribution in [2.45, 2.75) is 44.8 Å². The molecule has 0 amide bonds. The first-order chi connectivity index (χ1) is 11.3. The lowest BCUT2D eigenvalue weighted by molar-refractivity contribution is -0.155. The number of hydrogen-bond donors (Lipinski definition) is 2. The molecule has 2 N–H and O–H groups in total. The summed E-state index contributed by atoms with van der Waals surface area (Å²) in [6.07, 6.45) is 3.78. The van der Waals surface area contributed by atoms with Gasteiger partial charge in [-0.25, -0.2) is 0 Å². The first kappa shape index (κ1) is 14.7. The summed E-state index contributed by atoms with van der Waals surface area (Å²) < 4.78 is 5.47. The Balaban J connectivity index is 1.73. The molecule has 4 bridgehead atoms. The van der Waals surface area contributed by atoms with E-state index in [1.54, 1.807) is 0 Å². The minimum atomic E-state index is -0.822. The van der Waals surface area contributed by atoms with Crippen molar-refractivity contribution in [2.75, 3.05) is 0 Å². The standard InChI is InChI=1S/C19H22O5/c1-8-5-19-7-11(8)13(20)4-12(19)10-3-9-6-18(2,17(23)24-9)14(10)15(19)16(21)22/h3,9,11-15,20H,1,4-7H2,2H3,(H,21,22). The van der Waals surface area contributed by atoms with Gasteiger partial charge in [-0.2, -0.15) is 0 Å². The van der Waals surface area contributed by atoms with Gasteiger partial charge in [0.15, 0.2) is 0 Å². The summed E-state index contributed by atoms with van der Waals surface area (Å²) in [5.41, 5.74) is 0.887. The second kappa shape index (κ2) is 4.13. The molecular formula is C19H22O5. The highest BCUT2D eigenvalue weighted by Crippen LogP contribution is 2.73. The van der Waals surface area contributed by atoms with Crippen molar-refractivity contribution >= 4 is 11.9 Å². The van der Waals surface area contributed by atoms with Gasteiger partial charge in [-0.1, -0.05) is 17.7 Å². The number of aliphatic hydroxyl groups excluding tert-OH is 1. The number of carboxylic acid groups (broad SMARTS) is 1. The molecule has 128 valence electrons. The quantitative estimate of drug-likeness (QED) is 0.567. The van der Waals surface area contributed by atoms with Gasteiger partial charge >= 0.3 is 11.9 Å². The van der Waals surface area contributed by atoms with Crippen molar-refractivity contribution in [3.8, 4) is 0 Å². The number of hydrogen-bond acceptors (Lipinski definition) is 4. The normalized spacial score (nSPS) is 54.2. The van der Waals surface area contributed by atoms with Crippen molar-refractivity contribution < 1.29 is 24.5 Å². The summed E-state index contributed by atoms with van der Waals surface area (Å²) in [7, 11) is 0. The molecule has 1 heterocycles. The van der Waals surface area contributed by atoms with Crippen LogP contribution in [0.2, 0.25) is 0 Å². The van der Waals surface area contributed by atoms with Crippen molar-refractivity contribution in [2.24, 2.45) is 34.5 Å². The smallest absolute Gasteiger partial charge is 0.313 e. The Labute approximate surface area is 140 Å². The Bertz CT molecular complexity index is 723. The maximum absolute atomic E-state index is 12.5. The first-order valence-electron chi connectivity index (χ1n) is 8.79. The maximum Gasteiger partial charge on any atom is 0.313 e. The van der Waals surface area contributed by atoms with Gasteiger partial charge in [-0.05, 0) is 43.6 Å². The van der Waals surface area contributed by atoms with Gasteiger partial charge in [-0.15, -0.1) is 0 Å². The number of fused-ring (bicyclic) bond motifs is 6. The zero-order chi connectivity index (χ0) is 17.0. The third-order valence-electron chi connectivity index (χ3n) is 7.71. The van der Waals surface area contributed by atoms with Crippen LogP contribution in [0.1, 0.15) is 32.6 Å². The predicted molar refractivity (Wildman–Crippen MR) is 83.7 cm³/mol. The van der Waals surface area contributed by atoms with Gasteiger partial charge in [0.25, 0.3) is 0 Å². The summed E-state index contributed by atoms with van der Waals surface area (Å²) in [6.45, 7) is 6.00. The topological polar surface area (TPSA) is 83.8 Å². The molecule has 8 unspecified atom stereocenters. The number of aliphatic hydroxyl groups is 1. The summed E-state index contributed by atoms with van der Waals surface area (Å²) in [5, 5.41) is 20.7. The maximum atomic E-state index is 12.5. The highest BCUT2D eigenvalue weighted by Gasteiger charge is 2.72. The molecule has 1 saturated heterocycles. The van der Waals surface area contributed by atoms with Gasteiger partial charge in [0, 0.05) is 18.3 Å². The van der Waals surface area contributed by atoms with Crippen LogP contribution in [-0.4, -0.2) is 34.4 Å². The molecule has 24 heavy (non-hydrogen) atoms. The Morgan fingerprint density at radius 2 is 2.17 bits per heavy atom. The van der Waals surface area contributed by atoms with Crippen molar-refractivity contribution in [3.05, 3.63) is 23.8 Å². The molecule has 5 nitrogen and oxygen atoms in total. The van der Waals surface area contributed by atoms with E-state index in [1.807, 2.05) is 13.0 Å². The van der Waals surface area contributed by atoms with Crippen molar-refractivity contribution in [1.82, 2.24) is 0 Å². The third-order valence-corrected chi connectivity index (χ3v) is 7.71. The minimum absolute atomic E-state index is 0.000739. The van der Waals surface area contributed by atoms with Crippen LogP contribution in [0, 0.1) is 34.5 Å². The molecule has 1 aliphatic heterocycles. The number of ether oxygens (including phenoxy) is 1. The highest BCUT2D eigenvalue weighted by atomic mass is 16.6. The van der Waals surface area contributed by atoms with E-state index >= 15 is 0 Å². The largest absolute Gasteiger partial charge is 0.481 e. The molecule has 0 aromatic heterocycles. The number of aliphatic carboxylic acids is 1. The first-order valence-corrected chi connectivity index (χ1v) is 8.79. The minimum Gasteiger partial charge on any atom is -0.481 e. The molecule has 4 aliphatic carbocycles. The average molecular weight is 330 g/mol. The fourth-order valence-electron chi connectivity index (χ4n) is 6.88. The zero-order valence-corrected chi connectivity index (χ0v) is 13.7. The van der Waals surface area contributed by atoms with Gasteiger partial charge in [0.05, 0.1) is 17.4 Å². The Hall–Kier alpha value is -1.62. The number of allylic oxidation sites excluding steroid dienone is 1. The lowest BCUT2D eigenvalue weighted by Gasteiger charge is -2.41. The number of esters is 1. The van der Waals surface area contributed by atoms with E-state index in [4.69, 9.17) is 4.74 Å². The highest BCUT2D eigenvalue weighted by molar-refractivity contribution is 5.84. The van der Waals surface area contributed by atoms with Gasteiger partial charge in [-0.3, -0.25) is 9.59 Å². The van der Waals surface area contributed by atoms with Crippen LogP contribution in [0.5, 0.6) is 0 Å². The van der Waals surface area contributed by atoms with Crippen LogP contribution in [0.3, 0.4) is 0 Å². The lowest BCUT2D eigenvalue weighted by atomic mass is 9.62. The molecule has 4 fully saturated rings. The Morgan fingerprint density at radius 3 is 2.88 bits per heavy atom. The number of carbonyl (C=O) groups is 2. The lowest BCUT2D eigenvalue weighted by Crippen LogP contribution is -2.44. The average Bonchev–Trinajstić information content (AvgIpc) is 3.03. The summed E-state index contributed by atoms with van der Waals surface area (Å²) in [4.78, 5) is 24.8. The second-order valence-electron chi connectivity index (χ2n) is 8.76. The van der Waals surface area contributed by atoms with Crippen LogP contribution in [0.15, 0.2) is 23.8 Å². The Morgan fingerprint density at radius 1 is 1.42 bits per heavy atom. The van der Waals surface area contributed by atoms with E-state index < -0.39 is 28.8 Å². The summed E-state index contributed by atoms with van der Waals surface area (Å²) >= 11 is 0. The van der Waals surface area contributed by atoms with Gasteiger partial charge in [0.1, 0.15) is 6.10 Å². The van der Waals surface area contributed by atoms with Crippen LogP contribution >= 0.6 is 0 Å². The Kier molecular flexibility index (Phi) is 2.53. The molecule has 1 spiro atoms. The molecule has 3 saturated carbocycles. The van der Waals surface area contributed by atoms with Crippen LogP contribution in [0.4, 0.5) is 0 Å². The van der Waals surface area contributed by atoms with Crippen LogP contribution in [-0.2, 0) is 14.3 Å². The number of carbonyl (C=O) groups excluding carboxylic acids is 1. The zero-order valence-electron chi connectivity index (χ0n) is 13.7. The van der Waals surface area contributed by atoms with Crippen molar-refractivity contribution in [1.29, 1.82) is 0 Å². The van der Waals surface area contributed by atoms with Gasteiger partial charge < -0.3 is 14.9 Å². The van der Waals surface area contributed by atoms with E-state index in [0.717, 1.165) is 11.1 Å². The fraction of sp³-hybridized carbons (Fsp3) is 0.684. The summed E-state index contributed by atoms with van der Waals surface area (Å²) in [6, 6.07) is 0. The van der Waals surface area contributed by atoms with E-state index in [2.05, 4.69) is 6.58 Å². The number of carboxylic acids is 1. The monoisotopic (exact) mass is 330 g/mol. The predicted octanol–water partition coefficient (Wildman–Crippen LogP) is 1.91. The molecule has 0 radical (unpaired) electrons. The van der Waals surface area contributed by atoms with E-state index in [1.165, 1.54) is 0 Å². The molecule has 5 rings (SSSR count). The molecular weight excluding hydrogens is 308 g/mol. The molecule has 0 aromatic rings. The molecule has 8 atom stereocenters. The number of rotatable bonds is 1. The van der Waals surface area contributed by atoms with E-state index in [9.17, 15) is 19.8 Å². The SMILES string of the molecule is C=C1CC23CC1C(O)CC2C1=CC2CC(C)(C(=O)O2)C1C3C(=O)O. The molecule has 5 aliphatic rings. The summed E-state index contributed by atoms with van der Waals surface area (Å²) in [5.74, 6) is -1.98. The van der Waals surface area contributed by atoms with E-state index in [-0.39, 0.29) is 29.8 Å². The van der Waals surface area contributed by atoms with Crippen molar-refractivity contribution in [3.63, 3.8) is 0 Å². The van der Waals surface area contributed by atoms with Crippen LogP contribution < -0.4 is 0 Å². The van der Waals surface area contributed by atoms with Crippen LogP contribution in [0.25, 0.3) is 0 Å². The third kappa shape index (κ3) is 1.42. The molecule has 0 aromatic carbocycles.